The summed E-state index contributed by atoms with van der Waals surface area (Å²) in [4.78, 5) is 0. The SMILES string of the molecule is F.O.O.[Ca+2].[Ca+2].[H-].[H-].[H-].[H-]. The average molecular weight is 140 g/mol. The molecule has 0 aromatic carbocycles. The van der Waals surface area contributed by atoms with Gasteiger partial charge in [-0.05, 0) is 0 Å². The summed E-state index contributed by atoms with van der Waals surface area (Å²) in [6.07, 6.45) is 0. The minimum Gasteiger partial charge on any atom is -1.00 e. The molecule has 0 heterocycles. The number of rotatable bonds is 0. The van der Waals surface area contributed by atoms with E-state index >= 15 is 0 Å². The molecule has 4 N–H and O–H groups in total. The van der Waals surface area contributed by atoms with Gasteiger partial charge >= 0.3 is 75.5 Å². The third-order valence-electron chi connectivity index (χ3n) is 0. The van der Waals surface area contributed by atoms with Crippen LogP contribution in [-0.4, -0.2) is 86.4 Å². The third-order valence-corrected chi connectivity index (χ3v) is 0. The van der Waals surface area contributed by atoms with Gasteiger partial charge in [-0.3, -0.25) is 4.70 Å². The van der Waals surface area contributed by atoms with E-state index in [2.05, 4.69) is 0 Å². The Labute approximate surface area is 95.2 Å². The van der Waals surface area contributed by atoms with Crippen LogP contribution in [0.1, 0.15) is 5.71 Å². The van der Waals surface area contributed by atoms with Crippen molar-refractivity contribution in [1.29, 1.82) is 0 Å². The monoisotopic (exact) mass is 140 g/mol. The van der Waals surface area contributed by atoms with Gasteiger partial charge in [0.1, 0.15) is 0 Å². The van der Waals surface area contributed by atoms with Crippen molar-refractivity contribution in [3.05, 3.63) is 0 Å². The summed E-state index contributed by atoms with van der Waals surface area (Å²) in [5.74, 6) is 0. The van der Waals surface area contributed by atoms with Crippen LogP contribution >= 0.6 is 0 Å². The summed E-state index contributed by atoms with van der Waals surface area (Å²) in [7, 11) is 0. The largest absolute Gasteiger partial charge is 2.00 e. The van der Waals surface area contributed by atoms with Crippen LogP contribution in [0.5, 0.6) is 0 Å². The molecule has 0 saturated heterocycles. The molecule has 0 aliphatic heterocycles. The Balaban J connectivity index is 0. The van der Waals surface area contributed by atoms with Crippen molar-refractivity contribution in [3.8, 4) is 0 Å². The summed E-state index contributed by atoms with van der Waals surface area (Å²) in [5, 5.41) is 0. The first kappa shape index (κ1) is 53.3. The molecule has 2 nitrogen and oxygen atoms in total. The van der Waals surface area contributed by atoms with Crippen LogP contribution < -0.4 is 0 Å². The Kier molecular flexibility index (Phi) is 348. The van der Waals surface area contributed by atoms with E-state index in [4.69, 9.17) is 0 Å². The number of hydrogen-bond donors (Lipinski definition) is 0. The van der Waals surface area contributed by atoms with E-state index in [0.29, 0.717) is 0 Å². The second kappa shape index (κ2) is 32.7. The molecule has 32 valence electrons. The van der Waals surface area contributed by atoms with E-state index in [9.17, 15) is 0 Å². The van der Waals surface area contributed by atoms with E-state index in [0.717, 1.165) is 0 Å². The summed E-state index contributed by atoms with van der Waals surface area (Å²) in [6.45, 7) is 0. The first-order chi connectivity index (χ1) is 0. The topological polar surface area (TPSA) is 63.0 Å². The van der Waals surface area contributed by atoms with Crippen molar-refractivity contribution in [2.45, 2.75) is 0 Å². The summed E-state index contributed by atoms with van der Waals surface area (Å²) < 4.78 is 0. The second-order valence-corrected chi connectivity index (χ2v) is 0. The van der Waals surface area contributed by atoms with E-state index in [1.807, 2.05) is 0 Å². The molecule has 0 saturated carbocycles. The molecular formula is H9Ca2FO2. The van der Waals surface area contributed by atoms with Gasteiger partial charge in [-0.2, -0.15) is 0 Å². The second-order valence-electron chi connectivity index (χ2n) is 0. The number of hydrogen-bond acceptors (Lipinski definition) is 0. The van der Waals surface area contributed by atoms with Crippen molar-refractivity contribution in [3.63, 3.8) is 0 Å². The first-order valence-corrected chi connectivity index (χ1v) is 0. The van der Waals surface area contributed by atoms with Gasteiger partial charge in [0.25, 0.3) is 0 Å². The van der Waals surface area contributed by atoms with Crippen LogP contribution in [0.3, 0.4) is 0 Å². The van der Waals surface area contributed by atoms with Gasteiger partial charge in [0, 0.05) is 0 Å². The Morgan fingerprint density at radius 1 is 0.800 bits per heavy atom. The maximum atomic E-state index is 0. The standard InChI is InChI=1S/2Ca.FH.2H2O.4H/h;;1H;2*1H2;;;;/q2*+2;;;;4*-1. The van der Waals surface area contributed by atoms with Gasteiger partial charge in [-0.1, -0.05) is 0 Å². The molecule has 0 bridgehead atoms. The molecule has 0 amide bonds. The Morgan fingerprint density at radius 2 is 0.800 bits per heavy atom. The molecular weight excluding hydrogens is 131 g/mol. The molecule has 0 atom stereocenters. The van der Waals surface area contributed by atoms with Crippen LogP contribution in [0.25, 0.3) is 0 Å². The fourth-order valence-corrected chi connectivity index (χ4v) is 0. The zero-order chi connectivity index (χ0) is 0. The van der Waals surface area contributed by atoms with Gasteiger partial charge in [0.05, 0.1) is 0 Å². The van der Waals surface area contributed by atoms with Gasteiger partial charge in [0.2, 0.25) is 0 Å². The van der Waals surface area contributed by atoms with Gasteiger partial charge in [-0.25, -0.2) is 0 Å². The van der Waals surface area contributed by atoms with Crippen molar-refractivity contribution >= 4 is 75.5 Å². The molecule has 0 aromatic heterocycles. The van der Waals surface area contributed by atoms with Crippen LogP contribution in [0.4, 0.5) is 4.70 Å². The van der Waals surface area contributed by atoms with Crippen LogP contribution in [0.15, 0.2) is 0 Å². The fourth-order valence-electron chi connectivity index (χ4n) is 0. The summed E-state index contributed by atoms with van der Waals surface area (Å²) in [6, 6.07) is 0. The first-order valence-electron chi connectivity index (χ1n) is 0. The Hall–Kier alpha value is 2.37. The molecule has 0 aliphatic rings. The van der Waals surface area contributed by atoms with Crippen LogP contribution in [0, 0.1) is 0 Å². The van der Waals surface area contributed by atoms with Gasteiger partial charge in [-0.15, -0.1) is 0 Å². The van der Waals surface area contributed by atoms with E-state index in [1.165, 1.54) is 0 Å². The van der Waals surface area contributed by atoms with Crippen molar-refractivity contribution in [1.82, 2.24) is 0 Å². The van der Waals surface area contributed by atoms with E-state index in [-0.39, 0.29) is 96.8 Å². The Bertz CT molecular complexity index is 16.5. The summed E-state index contributed by atoms with van der Waals surface area (Å²) in [5.41, 5.74) is 0. The summed E-state index contributed by atoms with van der Waals surface area (Å²) >= 11 is 0. The minimum atomic E-state index is 0. The molecule has 0 unspecified atom stereocenters. The van der Waals surface area contributed by atoms with Gasteiger partial charge in [0.15, 0.2) is 0 Å². The predicted molar refractivity (Wildman–Crippen MR) is 25.7 cm³/mol. The molecule has 0 spiro atoms. The molecule has 0 radical (unpaired) electrons. The molecule has 5 heteroatoms. The van der Waals surface area contributed by atoms with Crippen molar-refractivity contribution in [2.75, 3.05) is 0 Å². The molecule has 0 aromatic rings. The van der Waals surface area contributed by atoms with Crippen molar-refractivity contribution < 1.29 is 21.4 Å². The average Bonchev–Trinajstić information content (AvgIpc) is 0. The normalized spacial score (nSPS) is 0. The van der Waals surface area contributed by atoms with Crippen LogP contribution in [-0.2, 0) is 0 Å². The van der Waals surface area contributed by atoms with E-state index < -0.39 is 0 Å². The zero-order valence-electron chi connectivity index (χ0n) is 6.82. The maximum Gasteiger partial charge on any atom is 2.00 e. The van der Waals surface area contributed by atoms with Gasteiger partial charge < -0.3 is 16.7 Å². The predicted octanol–water partition coefficient (Wildman–Crippen LogP) is -1.81. The quantitative estimate of drug-likeness (QED) is 0.356. The molecule has 5 heavy (non-hydrogen) atoms. The third kappa shape index (κ3) is 21.7. The number of halogens is 1. The Morgan fingerprint density at radius 3 is 0.800 bits per heavy atom. The van der Waals surface area contributed by atoms with E-state index in [1.54, 1.807) is 0 Å². The molecule has 0 fully saturated rings. The zero-order valence-corrected chi connectivity index (χ0v) is 7.24. The smallest absolute Gasteiger partial charge is 1.00 e. The fraction of sp³-hybridized carbons (Fsp3) is 0. The molecule has 0 rings (SSSR count). The van der Waals surface area contributed by atoms with Crippen molar-refractivity contribution in [2.24, 2.45) is 0 Å². The minimum absolute atomic E-state index is 0. The van der Waals surface area contributed by atoms with Crippen LogP contribution in [0.2, 0.25) is 0 Å². The maximum absolute atomic E-state index is 0. The molecule has 0 aliphatic carbocycles.